The summed E-state index contributed by atoms with van der Waals surface area (Å²) < 4.78 is 4.66. The fourth-order valence-corrected chi connectivity index (χ4v) is 2.00. The number of benzene rings is 1. The molecule has 0 amide bonds. The SMILES string of the molecule is COC(=O)C(CO)C[C@@H](C)Cc1ccccc1. The van der Waals surface area contributed by atoms with Gasteiger partial charge in [-0.15, -0.1) is 0 Å². The molecule has 0 saturated carbocycles. The van der Waals surface area contributed by atoms with E-state index in [1.165, 1.54) is 12.7 Å². The lowest BCUT2D eigenvalue weighted by molar-refractivity contribution is -0.147. The van der Waals surface area contributed by atoms with Crippen LogP contribution in [0.15, 0.2) is 30.3 Å². The third-order valence-corrected chi connectivity index (χ3v) is 2.87. The van der Waals surface area contributed by atoms with Crippen LogP contribution in [0.4, 0.5) is 0 Å². The van der Waals surface area contributed by atoms with E-state index >= 15 is 0 Å². The molecule has 94 valence electrons. The summed E-state index contributed by atoms with van der Waals surface area (Å²) in [6, 6.07) is 10.1. The average Bonchev–Trinajstić information content (AvgIpc) is 2.36. The molecule has 0 saturated heterocycles. The van der Waals surface area contributed by atoms with Gasteiger partial charge in [0, 0.05) is 0 Å². The summed E-state index contributed by atoms with van der Waals surface area (Å²) in [4.78, 5) is 11.3. The van der Waals surface area contributed by atoms with Crippen molar-refractivity contribution in [1.29, 1.82) is 0 Å². The Labute approximate surface area is 102 Å². The van der Waals surface area contributed by atoms with E-state index in [4.69, 9.17) is 5.11 Å². The van der Waals surface area contributed by atoms with Crippen molar-refractivity contribution in [3.63, 3.8) is 0 Å². The molecule has 0 bridgehead atoms. The lowest BCUT2D eigenvalue weighted by atomic mass is 9.91. The standard InChI is InChI=1S/C14H20O3/c1-11(8-12-6-4-3-5-7-12)9-13(10-15)14(16)17-2/h3-7,11,13,15H,8-10H2,1-2H3/t11-,13?/m0/s1. The molecule has 1 N–H and O–H groups in total. The van der Waals surface area contributed by atoms with E-state index in [2.05, 4.69) is 23.8 Å². The van der Waals surface area contributed by atoms with Crippen molar-refractivity contribution in [3.05, 3.63) is 35.9 Å². The molecule has 3 heteroatoms. The van der Waals surface area contributed by atoms with Crippen LogP contribution in [0.1, 0.15) is 18.9 Å². The lowest BCUT2D eigenvalue weighted by Crippen LogP contribution is -2.23. The first kappa shape index (κ1) is 13.7. The van der Waals surface area contributed by atoms with E-state index < -0.39 is 5.92 Å². The Hall–Kier alpha value is -1.35. The topological polar surface area (TPSA) is 46.5 Å². The second-order valence-electron chi connectivity index (χ2n) is 4.43. The first-order chi connectivity index (χ1) is 8.17. The van der Waals surface area contributed by atoms with Gasteiger partial charge in [-0.2, -0.15) is 0 Å². The van der Waals surface area contributed by atoms with Crippen LogP contribution in [-0.2, 0) is 16.0 Å². The van der Waals surface area contributed by atoms with Gasteiger partial charge in [0.05, 0.1) is 19.6 Å². The number of esters is 1. The van der Waals surface area contributed by atoms with Crippen molar-refractivity contribution in [3.8, 4) is 0 Å². The van der Waals surface area contributed by atoms with Gasteiger partial charge in [-0.05, 0) is 24.3 Å². The zero-order valence-electron chi connectivity index (χ0n) is 10.4. The van der Waals surface area contributed by atoms with Gasteiger partial charge in [0.2, 0.25) is 0 Å². The predicted octanol–water partition coefficient (Wildman–Crippen LogP) is 2.04. The van der Waals surface area contributed by atoms with Gasteiger partial charge in [0.1, 0.15) is 0 Å². The molecule has 1 rings (SSSR count). The van der Waals surface area contributed by atoms with Crippen molar-refractivity contribution in [2.24, 2.45) is 11.8 Å². The Balaban J connectivity index is 2.48. The monoisotopic (exact) mass is 236 g/mol. The molecule has 0 fully saturated rings. The summed E-state index contributed by atoms with van der Waals surface area (Å²) in [5.41, 5.74) is 1.25. The molecular weight excluding hydrogens is 216 g/mol. The van der Waals surface area contributed by atoms with Crippen molar-refractivity contribution in [2.45, 2.75) is 19.8 Å². The van der Waals surface area contributed by atoms with Crippen LogP contribution in [-0.4, -0.2) is 24.8 Å². The van der Waals surface area contributed by atoms with Crippen LogP contribution in [0.25, 0.3) is 0 Å². The Morgan fingerprint density at radius 1 is 1.35 bits per heavy atom. The Kier molecular flexibility index (Phi) is 5.70. The Morgan fingerprint density at radius 3 is 2.53 bits per heavy atom. The van der Waals surface area contributed by atoms with Crippen LogP contribution in [0.3, 0.4) is 0 Å². The zero-order valence-corrected chi connectivity index (χ0v) is 10.4. The number of carbonyl (C=O) groups is 1. The Morgan fingerprint density at radius 2 is 2.00 bits per heavy atom. The van der Waals surface area contributed by atoms with Crippen LogP contribution >= 0.6 is 0 Å². The summed E-state index contributed by atoms with van der Waals surface area (Å²) in [5, 5.41) is 9.14. The molecule has 1 aromatic carbocycles. The molecule has 1 unspecified atom stereocenters. The third kappa shape index (κ3) is 4.57. The zero-order chi connectivity index (χ0) is 12.7. The highest BCUT2D eigenvalue weighted by Gasteiger charge is 2.20. The van der Waals surface area contributed by atoms with Crippen LogP contribution in [0.5, 0.6) is 0 Å². The predicted molar refractivity (Wildman–Crippen MR) is 66.5 cm³/mol. The van der Waals surface area contributed by atoms with Crippen LogP contribution in [0.2, 0.25) is 0 Å². The quantitative estimate of drug-likeness (QED) is 0.769. The summed E-state index contributed by atoms with van der Waals surface area (Å²) in [7, 11) is 1.35. The fourth-order valence-electron chi connectivity index (χ4n) is 2.00. The number of ether oxygens (including phenoxy) is 1. The molecule has 3 nitrogen and oxygen atoms in total. The smallest absolute Gasteiger partial charge is 0.311 e. The normalized spacial score (nSPS) is 14.1. The highest BCUT2D eigenvalue weighted by Crippen LogP contribution is 2.17. The van der Waals surface area contributed by atoms with E-state index in [0.717, 1.165) is 6.42 Å². The number of hydrogen-bond acceptors (Lipinski definition) is 3. The first-order valence-corrected chi connectivity index (χ1v) is 5.90. The van der Waals surface area contributed by atoms with Gasteiger partial charge in [-0.1, -0.05) is 37.3 Å². The van der Waals surface area contributed by atoms with Gasteiger partial charge in [-0.3, -0.25) is 4.79 Å². The minimum absolute atomic E-state index is 0.147. The molecule has 17 heavy (non-hydrogen) atoms. The minimum Gasteiger partial charge on any atom is -0.469 e. The number of carbonyl (C=O) groups excluding carboxylic acids is 1. The number of aliphatic hydroxyl groups is 1. The highest BCUT2D eigenvalue weighted by atomic mass is 16.5. The molecule has 0 aliphatic carbocycles. The third-order valence-electron chi connectivity index (χ3n) is 2.87. The Bertz CT molecular complexity index is 335. The van der Waals surface area contributed by atoms with E-state index in [-0.39, 0.29) is 12.6 Å². The van der Waals surface area contributed by atoms with Crippen molar-refractivity contribution in [2.75, 3.05) is 13.7 Å². The number of hydrogen-bond donors (Lipinski definition) is 1. The maximum absolute atomic E-state index is 11.3. The number of aliphatic hydroxyl groups excluding tert-OH is 1. The summed E-state index contributed by atoms with van der Waals surface area (Å²) >= 11 is 0. The molecule has 0 aliphatic rings. The fraction of sp³-hybridized carbons (Fsp3) is 0.500. The van der Waals surface area contributed by atoms with Gasteiger partial charge >= 0.3 is 5.97 Å². The molecule has 0 spiro atoms. The maximum Gasteiger partial charge on any atom is 0.311 e. The molecular formula is C14H20O3. The molecule has 0 aromatic heterocycles. The minimum atomic E-state index is -0.404. The van der Waals surface area contributed by atoms with Gasteiger partial charge < -0.3 is 9.84 Å². The van der Waals surface area contributed by atoms with Crippen molar-refractivity contribution >= 4 is 5.97 Å². The second-order valence-corrected chi connectivity index (χ2v) is 4.43. The second kappa shape index (κ2) is 7.07. The highest BCUT2D eigenvalue weighted by molar-refractivity contribution is 5.72. The molecule has 2 atom stereocenters. The van der Waals surface area contributed by atoms with Gasteiger partial charge in [-0.25, -0.2) is 0 Å². The molecule has 1 aromatic rings. The van der Waals surface area contributed by atoms with Crippen molar-refractivity contribution in [1.82, 2.24) is 0 Å². The average molecular weight is 236 g/mol. The van der Waals surface area contributed by atoms with E-state index in [1.807, 2.05) is 18.2 Å². The lowest BCUT2D eigenvalue weighted by Gasteiger charge is -2.17. The van der Waals surface area contributed by atoms with Gasteiger partial charge in [0.25, 0.3) is 0 Å². The van der Waals surface area contributed by atoms with Crippen LogP contribution < -0.4 is 0 Å². The molecule has 0 heterocycles. The van der Waals surface area contributed by atoms with Crippen LogP contribution in [0, 0.1) is 11.8 Å². The molecule has 0 radical (unpaired) electrons. The summed E-state index contributed by atoms with van der Waals surface area (Å²) in [6.45, 7) is 1.93. The largest absolute Gasteiger partial charge is 0.469 e. The first-order valence-electron chi connectivity index (χ1n) is 5.90. The molecule has 0 aliphatic heterocycles. The summed E-state index contributed by atoms with van der Waals surface area (Å²) in [5.74, 6) is -0.389. The number of methoxy groups -OCH3 is 1. The van der Waals surface area contributed by atoms with Crippen molar-refractivity contribution < 1.29 is 14.6 Å². The van der Waals surface area contributed by atoms with E-state index in [0.29, 0.717) is 12.3 Å². The number of rotatable bonds is 6. The van der Waals surface area contributed by atoms with E-state index in [9.17, 15) is 4.79 Å². The van der Waals surface area contributed by atoms with Gasteiger partial charge in [0.15, 0.2) is 0 Å². The summed E-state index contributed by atoms with van der Waals surface area (Å²) in [6.07, 6.45) is 1.56. The maximum atomic E-state index is 11.3. The van der Waals surface area contributed by atoms with E-state index in [1.54, 1.807) is 0 Å².